The van der Waals surface area contributed by atoms with Crippen molar-refractivity contribution in [3.8, 4) is 0 Å². The van der Waals surface area contributed by atoms with Crippen molar-refractivity contribution in [2.24, 2.45) is 0 Å². The van der Waals surface area contributed by atoms with Crippen molar-refractivity contribution in [1.29, 1.82) is 0 Å². The van der Waals surface area contributed by atoms with Crippen LogP contribution in [0.25, 0.3) is 5.32 Å². The van der Waals surface area contributed by atoms with Crippen LogP contribution in [0.5, 0.6) is 0 Å². The first-order chi connectivity index (χ1) is 16.1. The minimum absolute atomic E-state index is 0. The fraction of sp³-hybridized carbons (Fsp3) is 0.233. The second-order valence-electron chi connectivity index (χ2n) is 8.77. The molecule has 3 aliphatic rings. The minimum Gasteiger partial charge on any atom is -0.722 e. The Labute approximate surface area is 230 Å². The largest absolute Gasteiger partial charge is 2.00 e. The molecular formula is C30H38NOSiZr+. The van der Waals surface area contributed by atoms with Crippen LogP contribution in [-0.4, -0.2) is 26.0 Å². The number of hydrogen-bond donors (Lipinski definition) is 0. The van der Waals surface area contributed by atoms with Gasteiger partial charge in [0.1, 0.15) is 13.2 Å². The Kier molecular flexibility index (Phi) is 17.8. The zero-order valence-electron chi connectivity index (χ0n) is 20.8. The fourth-order valence-corrected chi connectivity index (χ4v) is 4.10. The molecule has 0 unspecified atom stereocenters. The van der Waals surface area contributed by atoms with E-state index < -0.39 is 8.07 Å². The van der Waals surface area contributed by atoms with E-state index in [1.165, 1.54) is 18.0 Å². The summed E-state index contributed by atoms with van der Waals surface area (Å²) in [6, 6.07) is 18.8. The molecule has 0 aromatic heterocycles. The zero-order chi connectivity index (χ0) is 23.6. The number of benzene rings is 2. The van der Waals surface area contributed by atoms with Crippen LogP contribution in [-0.2, 0) is 26.2 Å². The van der Waals surface area contributed by atoms with Gasteiger partial charge in [-0.2, -0.15) is 12.1 Å². The van der Waals surface area contributed by atoms with E-state index >= 15 is 0 Å². The van der Waals surface area contributed by atoms with Gasteiger partial charge in [-0.05, 0) is 64.2 Å². The molecule has 2 aliphatic carbocycles. The minimum atomic E-state index is -1.19. The molecular weight excluding hydrogens is 510 g/mol. The molecule has 0 bridgehead atoms. The second-order valence-corrected chi connectivity index (χ2v) is 13.8. The van der Waals surface area contributed by atoms with Gasteiger partial charge in [0, 0.05) is 12.8 Å². The third-order valence-electron chi connectivity index (χ3n) is 4.89. The van der Waals surface area contributed by atoms with Crippen LogP contribution < -0.4 is 5.19 Å². The average Bonchev–Trinajstić information content (AvgIpc) is 3.65. The molecule has 1 aliphatic heterocycles. The molecule has 10 radical (unpaired) electrons. The summed E-state index contributed by atoms with van der Waals surface area (Å²) >= 11 is 0. The van der Waals surface area contributed by atoms with E-state index in [1.54, 1.807) is 0 Å². The van der Waals surface area contributed by atoms with Gasteiger partial charge in [-0.15, -0.1) is 17.8 Å². The summed E-state index contributed by atoms with van der Waals surface area (Å²) in [6.07, 6.45) is 22.7. The normalized spacial score (nSPS) is 16.4. The van der Waals surface area contributed by atoms with Gasteiger partial charge < -0.3 is 10.1 Å². The van der Waals surface area contributed by atoms with Crippen molar-refractivity contribution in [2.45, 2.75) is 32.5 Å². The van der Waals surface area contributed by atoms with Crippen LogP contribution in [0.3, 0.4) is 0 Å². The molecule has 1 N–H and O–H groups in total. The Morgan fingerprint density at radius 3 is 1.44 bits per heavy atom. The van der Waals surface area contributed by atoms with Crippen LogP contribution >= 0.6 is 0 Å². The summed E-state index contributed by atoms with van der Waals surface area (Å²) in [4.78, 5) is 0. The Balaban J connectivity index is 0.000000290. The van der Waals surface area contributed by atoms with Crippen LogP contribution in [0.4, 0.5) is 5.69 Å². The van der Waals surface area contributed by atoms with Crippen LogP contribution in [0.1, 0.15) is 18.4 Å². The topological polar surface area (TPSA) is 26.9 Å². The molecule has 1 saturated heterocycles. The predicted octanol–water partition coefficient (Wildman–Crippen LogP) is 6.80. The van der Waals surface area contributed by atoms with Gasteiger partial charge in [0.15, 0.2) is 0 Å². The van der Waals surface area contributed by atoms with Gasteiger partial charge in [0.05, 0.1) is 8.07 Å². The number of hydrogen-bond acceptors (Lipinski definition) is 0. The molecule has 2 saturated carbocycles. The molecule has 5 rings (SSSR count). The molecule has 176 valence electrons. The molecule has 0 amide bonds. The first kappa shape index (κ1) is 31.2. The number of rotatable bonds is 4. The first-order valence-electron chi connectivity index (χ1n) is 11.7. The summed E-state index contributed by atoms with van der Waals surface area (Å²) in [5.41, 5.74) is 2.15. The van der Waals surface area contributed by atoms with Gasteiger partial charge in [-0.3, -0.25) is 6.54 Å². The molecule has 2 nitrogen and oxygen atoms in total. The van der Waals surface area contributed by atoms with Crippen molar-refractivity contribution in [3.63, 3.8) is 0 Å². The third kappa shape index (κ3) is 15.2. The predicted molar refractivity (Wildman–Crippen MR) is 146 cm³/mol. The van der Waals surface area contributed by atoms with E-state index in [0.29, 0.717) is 0 Å². The summed E-state index contributed by atoms with van der Waals surface area (Å²) in [7, 11) is -1.19. The molecule has 0 spiro atoms. The maximum atomic E-state index is 4.45. The maximum absolute atomic E-state index is 4.45. The molecule has 1 heterocycles. The third-order valence-corrected chi connectivity index (χ3v) is 6.95. The number of ether oxygens (including phenoxy) is 1. The van der Waals surface area contributed by atoms with Gasteiger partial charge in [0.2, 0.25) is 0 Å². The molecule has 4 heteroatoms. The zero-order valence-corrected chi connectivity index (χ0v) is 24.2. The monoisotopic (exact) mass is 546 g/mol. The van der Waals surface area contributed by atoms with E-state index in [-0.39, 0.29) is 26.2 Å². The summed E-state index contributed by atoms with van der Waals surface area (Å²) in [6.45, 7) is 11.3. The number of para-hydroxylation sites is 1. The summed E-state index contributed by atoms with van der Waals surface area (Å²) in [5.74, 6) is 0. The van der Waals surface area contributed by atoms with Crippen molar-refractivity contribution >= 4 is 18.9 Å². The second kappa shape index (κ2) is 19.4. The van der Waals surface area contributed by atoms with E-state index in [1.807, 2.05) is 101 Å². The van der Waals surface area contributed by atoms with Gasteiger partial charge in [-0.1, -0.05) is 55.2 Å². The molecule has 3 fully saturated rings. The van der Waals surface area contributed by atoms with Gasteiger partial charge >= 0.3 is 26.2 Å². The Morgan fingerprint density at radius 2 is 1.09 bits per heavy atom. The standard InChI is InChI=1S/C16H19NSi.2C5H5.C4H8O.Zr/c1-18(2,3)16-11-9-14(10-12-16)13-17-15-7-5-4-6-8-15;3*1-2-4-5-3-1;/h4-13H,1-3H3;2*1-5H;1-4H2;/q-2;;;;+2/p+1. The maximum Gasteiger partial charge on any atom is 2.00 e. The van der Waals surface area contributed by atoms with Crippen molar-refractivity contribution in [3.05, 3.63) is 136 Å². The van der Waals surface area contributed by atoms with Crippen LogP contribution in [0.2, 0.25) is 19.6 Å². The van der Waals surface area contributed by atoms with Crippen molar-refractivity contribution in [1.82, 2.24) is 0 Å². The van der Waals surface area contributed by atoms with Crippen LogP contribution in [0, 0.1) is 70.8 Å². The number of nitrogens with zero attached hydrogens (tertiary/aromatic N) is 1. The molecule has 0 atom stereocenters. The summed E-state index contributed by atoms with van der Waals surface area (Å²) < 4.78 is 4.08. The Bertz CT molecular complexity index is 656. The van der Waals surface area contributed by atoms with E-state index in [4.69, 9.17) is 0 Å². The Morgan fingerprint density at radius 1 is 0.647 bits per heavy atom. The fourth-order valence-electron chi connectivity index (χ4n) is 2.93. The molecule has 2 aromatic rings. The van der Waals surface area contributed by atoms with Gasteiger partial charge in [-0.25, -0.2) is 5.56 Å². The summed E-state index contributed by atoms with van der Waals surface area (Å²) in [5, 5.41) is 5.94. The number of aliphatic hydroxyl groups is 2. The SMILES string of the molecule is C1CC[OH+]C1.C[Si](C)(C)c1ccc([CH-][N-]c2ccccc2)cc1.[CH]1[CH][CH][CH][CH]1.[CH]1[CH][CH][CH][CH]1.[Zr+2]. The van der Waals surface area contributed by atoms with Crippen molar-refractivity contribution < 1.29 is 30.9 Å². The van der Waals surface area contributed by atoms with E-state index in [0.717, 1.165) is 24.5 Å². The van der Waals surface area contributed by atoms with Gasteiger partial charge in [0.25, 0.3) is 0 Å². The Hall–Kier alpha value is -0.830. The molecule has 34 heavy (non-hydrogen) atoms. The smallest absolute Gasteiger partial charge is 0.722 e. The van der Waals surface area contributed by atoms with E-state index in [2.05, 4.69) is 54.0 Å². The molecule has 2 aromatic carbocycles. The van der Waals surface area contributed by atoms with Crippen LogP contribution in [0.15, 0.2) is 54.6 Å². The van der Waals surface area contributed by atoms with Crippen molar-refractivity contribution in [2.75, 3.05) is 13.2 Å². The quantitative estimate of drug-likeness (QED) is 0.229. The average molecular weight is 548 g/mol. The van der Waals surface area contributed by atoms with E-state index in [9.17, 15) is 0 Å². The first-order valence-corrected chi connectivity index (χ1v) is 15.2.